The number of hydrogen-bond acceptors (Lipinski definition) is 3. The van der Waals surface area contributed by atoms with Crippen LogP contribution in [0.3, 0.4) is 0 Å². The van der Waals surface area contributed by atoms with Crippen molar-refractivity contribution in [3.05, 3.63) is 71.2 Å². The summed E-state index contributed by atoms with van der Waals surface area (Å²) < 4.78 is 30.5. The number of nitrogens with one attached hydrogen (secondary N) is 1. The molecule has 1 aliphatic rings. The van der Waals surface area contributed by atoms with Crippen LogP contribution in [-0.2, 0) is 21.4 Å². The van der Waals surface area contributed by atoms with Crippen LogP contribution in [0.4, 0.5) is 5.69 Å². The highest BCUT2D eigenvalue weighted by Crippen LogP contribution is 2.32. The van der Waals surface area contributed by atoms with Crippen LogP contribution in [0.5, 0.6) is 0 Å². The first-order chi connectivity index (χ1) is 16.4. The topological polar surface area (TPSA) is 71.4 Å². The molecule has 1 amide bonds. The van der Waals surface area contributed by atoms with Gasteiger partial charge in [-0.15, -0.1) is 0 Å². The van der Waals surface area contributed by atoms with Gasteiger partial charge in [0.15, 0.2) is 0 Å². The number of sulfonamides is 1. The summed E-state index contributed by atoms with van der Waals surface area (Å²) in [7, 11) is -3.55. The molecule has 0 bridgehead atoms. The van der Waals surface area contributed by atoms with Gasteiger partial charge in [0, 0.05) is 57.5 Å². The van der Waals surface area contributed by atoms with Crippen molar-refractivity contribution in [2.75, 3.05) is 18.4 Å². The Hall–Kier alpha value is -2.68. The van der Waals surface area contributed by atoms with E-state index in [0.717, 1.165) is 27.6 Å². The number of piperidine rings is 1. The van der Waals surface area contributed by atoms with Gasteiger partial charge in [-0.05, 0) is 68.3 Å². The summed E-state index contributed by atoms with van der Waals surface area (Å²) in [5, 5.41) is 5.35. The molecule has 0 spiro atoms. The first-order valence-corrected chi connectivity index (χ1v) is 13.7. The van der Waals surface area contributed by atoms with Gasteiger partial charge in [-0.25, -0.2) is 8.42 Å². The van der Waals surface area contributed by atoms with E-state index in [9.17, 15) is 13.2 Å². The lowest BCUT2D eigenvalue weighted by Gasteiger charge is -2.30. The van der Waals surface area contributed by atoms with E-state index in [0.29, 0.717) is 25.9 Å². The molecule has 1 fully saturated rings. The second kappa shape index (κ2) is 9.17. The highest BCUT2D eigenvalue weighted by Gasteiger charge is 2.32. The van der Waals surface area contributed by atoms with E-state index in [4.69, 9.17) is 0 Å². The second-order valence-electron chi connectivity index (χ2n) is 8.61. The summed E-state index contributed by atoms with van der Waals surface area (Å²) in [5.74, 6) is -0.275. The van der Waals surface area contributed by atoms with Crippen LogP contribution in [0.1, 0.15) is 19.8 Å². The predicted octanol–water partition coefficient (Wildman–Crippen LogP) is 5.62. The highest BCUT2D eigenvalue weighted by atomic mass is 79.9. The average Bonchev–Trinajstić information content (AvgIpc) is 3.17. The van der Waals surface area contributed by atoms with Gasteiger partial charge in [0.05, 0.1) is 4.90 Å². The molecule has 176 valence electrons. The molecule has 1 N–H and O–H groups in total. The number of carbonyl (C=O) groups excluding carboxylic acids is 1. The van der Waals surface area contributed by atoms with Gasteiger partial charge in [0.1, 0.15) is 0 Å². The van der Waals surface area contributed by atoms with Crippen LogP contribution in [0.15, 0.2) is 76.1 Å². The normalized spacial score (nSPS) is 15.7. The molecule has 1 saturated heterocycles. The third-order valence-electron chi connectivity index (χ3n) is 6.63. The molecule has 3 aromatic carbocycles. The molecule has 0 atom stereocenters. The summed E-state index contributed by atoms with van der Waals surface area (Å²) in [4.78, 5) is 13.3. The number of fused-ring (bicyclic) bond motifs is 3. The number of carbonyl (C=O) groups is 1. The van der Waals surface area contributed by atoms with Crippen molar-refractivity contribution in [3.63, 3.8) is 0 Å². The Kier molecular flexibility index (Phi) is 6.22. The molecule has 0 aliphatic carbocycles. The van der Waals surface area contributed by atoms with E-state index >= 15 is 0 Å². The summed E-state index contributed by atoms with van der Waals surface area (Å²) in [6.45, 7) is 3.67. The number of nitrogens with zero attached hydrogens (tertiary/aromatic N) is 2. The maximum Gasteiger partial charge on any atom is 0.243 e. The number of rotatable bonds is 5. The zero-order chi connectivity index (χ0) is 23.9. The minimum absolute atomic E-state index is 0.0562. The van der Waals surface area contributed by atoms with E-state index in [1.165, 1.54) is 15.2 Å². The van der Waals surface area contributed by atoms with Gasteiger partial charge in [0.2, 0.25) is 15.9 Å². The summed E-state index contributed by atoms with van der Waals surface area (Å²) in [6, 6.07) is 21.0. The van der Waals surface area contributed by atoms with Crippen LogP contribution in [0, 0.1) is 5.92 Å². The van der Waals surface area contributed by atoms with Crippen molar-refractivity contribution in [2.45, 2.75) is 31.2 Å². The van der Waals surface area contributed by atoms with E-state index < -0.39 is 10.0 Å². The van der Waals surface area contributed by atoms with Crippen molar-refractivity contribution in [2.24, 2.45) is 5.92 Å². The second-order valence-corrected chi connectivity index (χ2v) is 11.5. The molecule has 0 unspecified atom stereocenters. The standard InChI is InChI=1S/C26H26BrN3O3S/c1-2-30-24-6-4-3-5-22(24)23-17-20(9-12-25(23)30)28-26(31)18-13-15-29(16-14-18)34(32,33)21-10-7-19(27)8-11-21/h3-12,17-18H,2,13-16H2,1H3,(H,28,31). The van der Waals surface area contributed by atoms with Crippen molar-refractivity contribution in [3.8, 4) is 0 Å². The molecule has 2 heterocycles. The van der Waals surface area contributed by atoms with Gasteiger partial charge in [-0.3, -0.25) is 4.79 Å². The quantitative estimate of drug-likeness (QED) is 0.358. The SMILES string of the molecule is CCn1c2ccccc2c2cc(NC(=O)C3CCN(S(=O)(=O)c4ccc(Br)cc4)CC3)ccc21. The zero-order valence-corrected chi connectivity index (χ0v) is 21.3. The third-order valence-corrected chi connectivity index (χ3v) is 9.07. The fourth-order valence-corrected chi connectivity index (χ4v) is 6.56. The molecular weight excluding hydrogens is 514 g/mol. The lowest BCUT2D eigenvalue weighted by Crippen LogP contribution is -2.41. The minimum Gasteiger partial charge on any atom is -0.341 e. The molecule has 1 aliphatic heterocycles. The Bertz CT molecular complexity index is 1470. The Balaban J connectivity index is 1.29. The van der Waals surface area contributed by atoms with Crippen LogP contribution in [0.2, 0.25) is 0 Å². The lowest BCUT2D eigenvalue weighted by atomic mass is 9.97. The van der Waals surface area contributed by atoms with Crippen molar-refractivity contribution in [1.82, 2.24) is 8.87 Å². The van der Waals surface area contributed by atoms with Crippen LogP contribution < -0.4 is 5.32 Å². The van der Waals surface area contributed by atoms with Gasteiger partial charge < -0.3 is 9.88 Å². The van der Waals surface area contributed by atoms with Crippen molar-refractivity contribution in [1.29, 1.82) is 0 Å². The van der Waals surface area contributed by atoms with Crippen LogP contribution in [-0.4, -0.2) is 36.3 Å². The highest BCUT2D eigenvalue weighted by molar-refractivity contribution is 9.10. The van der Waals surface area contributed by atoms with Crippen LogP contribution >= 0.6 is 15.9 Å². The van der Waals surface area contributed by atoms with E-state index in [2.05, 4.69) is 50.9 Å². The number of anilines is 1. The molecule has 0 radical (unpaired) electrons. The maximum absolute atomic E-state index is 13.0. The molecule has 4 aromatic rings. The van der Waals surface area contributed by atoms with Crippen LogP contribution in [0.25, 0.3) is 21.8 Å². The first kappa shape index (κ1) is 23.1. The third kappa shape index (κ3) is 4.15. The number of hydrogen-bond donors (Lipinski definition) is 1. The largest absolute Gasteiger partial charge is 0.341 e. The smallest absolute Gasteiger partial charge is 0.243 e. The van der Waals surface area contributed by atoms with Gasteiger partial charge in [-0.2, -0.15) is 4.31 Å². The van der Waals surface area contributed by atoms with Gasteiger partial charge in [0.25, 0.3) is 0 Å². The van der Waals surface area contributed by atoms with Gasteiger partial charge in [-0.1, -0.05) is 34.1 Å². The number of aryl methyl sites for hydroxylation is 1. The van der Waals surface area contributed by atoms with E-state index in [-0.39, 0.29) is 16.7 Å². The summed E-state index contributed by atoms with van der Waals surface area (Å²) in [5.41, 5.74) is 3.09. The first-order valence-electron chi connectivity index (χ1n) is 11.5. The molecule has 34 heavy (non-hydrogen) atoms. The fraction of sp³-hybridized carbons (Fsp3) is 0.269. The molecule has 8 heteroatoms. The van der Waals surface area contributed by atoms with Crippen molar-refractivity contribution >= 4 is 59.4 Å². The number of amides is 1. The molecule has 6 nitrogen and oxygen atoms in total. The monoisotopic (exact) mass is 539 g/mol. The number of halogens is 1. The lowest BCUT2D eigenvalue weighted by molar-refractivity contribution is -0.120. The molecule has 1 aromatic heterocycles. The van der Waals surface area contributed by atoms with E-state index in [1.807, 2.05) is 24.3 Å². The number of benzene rings is 3. The van der Waals surface area contributed by atoms with Crippen molar-refractivity contribution < 1.29 is 13.2 Å². The Morgan fingerprint density at radius 1 is 0.971 bits per heavy atom. The molecule has 0 saturated carbocycles. The molecular formula is C26H26BrN3O3S. The van der Waals surface area contributed by atoms with E-state index in [1.54, 1.807) is 24.3 Å². The zero-order valence-electron chi connectivity index (χ0n) is 18.9. The number of para-hydroxylation sites is 1. The Labute approximate surface area is 207 Å². The molecule has 5 rings (SSSR count). The Morgan fingerprint density at radius 2 is 1.65 bits per heavy atom. The number of aromatic nitrogens is 1. The predicted molar refractivity (Wildman–Crippen MR) is 139 cm³/mol. The maximum atomic E-state index is 13.0. The average molecular weight is 540 g/mol. The van der Waals surface area contributed by atoms with Gasteiger partial charge >= 0.3 is 0 Å². The summed E-state index contributed by atoms with van der Waals surface area (Å²) in [6.07, 6.45) is 0.998. The fourth-order valence-electron chi connectivity index (χ4n) is 4.83. The Morgan fingerprint density at radius 3 is 2.35 bits per heavy atom. The minimum atomic E-state index is -3.55. The summed E-state index contributed by atoms with van der Waals surface area (Å²) >= 11 is 3.33.